The van der Waals surface area contributed by atoms with Crippen molar-refractivity contribution >= 4 is 17.7 Å². The number of hydrogen-bond acceptors (Lipinski definition) is 5. The van der Waals surface area contributed by atoms with Crippen LogP contribution in [0.5, 0.6) is 11.5 Å². The van der Waals surface area contributed by atoms with E-state index in [1.54, 1.807) is 24.3 Å². The highest BCUT2D eigenvalue weighted by atomic mass is 16.5. The minimum Gasteiger partial charge on any atom is -0.465 e. The van der Waals surface area contributed by atoms with Gasteiger partial charge in [0.05, 0.1) is 5.69 Å². The number of ether oxygens (including phenoxy) is 2. The number of carbonyl (C=O) groups is 2. The Morgan fingerprint density at radius 3 is 2.86 bits per heavy atom. The number of carbonyl (C=O) groups excluding carboxylic acids is 1. The SMILES string of the molecule is CCOCCCNC(=O)c1cc(Oc2ccc3c(c2)CCN3C(=O)O)ccn1. The third-order valence-electron chi connectivity index (χ3n) is 4.33. The molecule has 3 rings (SSSR count). The molecular formula is C20H23N3O5. The second kappa shape index (κ2) is 9.18. The first-order chi connectivity index (χ1) is 13.6. The van der Waals surface area contributed by atoms with E-state index in [2.05, 4.69) is 10.3 Å². The molecule has 0 radical (unpaired) electrons. The number of pyridine rings is 1. The average molecular weight is 385 g/mol. The molecular weight excluding hydrogens is 362 g/mol. The van der Waals surface area contributed by atoms with Crippen LogP contribution >= 0.6 is 0 Å². The van der Waals surface area contributed by atoms with Crippen molar-refractivity contribution in [3.05, 3.63) is 47.8 Å². The van der Waals surface area contributed by atoms with Gasteiger partial charge >= 0.3 is 6.09 Å². The largest absolute Gasteiger partial charge is 0.465 e. The third kappa shape index (κ3) is 4.77. The van der Waals surface area contributed by atoms with E-state index in [4.69, 9.17) is 9.47 Å². The molecule has 0 spiro atoms. The van der Waals surface area contributed by atoms with Crippen molar-refractivity contribution in [1.29, 1.82) is 0 Å². The zero-order chi connectivity index (χ0) is 19.9. The summed E-state index contributed by atoms with van der Waals surface area (Å²) >= 11 is 0. The van der Waals surface area contributed by atoms with Crippen LogP contribution in [-0.4, -0.2) is 48.4 Å². The average Bonchev–Trinajstić information content (AvgIpc) is 3.11. The molecule has 2 N–H and O–H groups in total. The van der Waals surface area contributed by atoms with Gasteiger partial charge in [-0.2, -0.15) is 0 Å². The van der Waals surface area contributed by atoms with Crippen molar-refractivity contribution in [2.75, 3.05) is 31.2 Å². The van der Waals surface area contributed by atoms with Crippen molar-refractivity contribution in [2.24, 2.45) is 0 Å². The Hall–Kier alpha value is -3.13. The van der Waals surface area contributed by atoms with Gasteiger partial charge in [-0.1, -0.05) is 0 Å². The Morgan fingerprint density at radius 2 is 2.07 bits per heavy atom. The molecule has 1 aliphatic heterocycles. The van der Waals surface area contributed by atoms with E-state index in [-0.39, 0.29) is 11.6 Å². The number of benzene rings is 1. The van der Waals surface area contributed by atoms with Crippen LogP contribution < -0.4 is 15.0 Å². The van der Waals surface area contributed by atoms with Gasteiger partial charge in [0, 0.05) is 38.6 Å². The molecule has 0 unspecified atom stereocenters. The highest BCUT2D eigenvalue weighted by molar-refractivity contribution is 5.92. The predicted molar refractivity (Wildman–Crippen MR) is 103 cm³/mol. The number of fused-ring (bicyclic) bond motifs is 1. The molecule has 1 aromatic carbocycles. The van der Waals surface area contributed by atoms with E-state index < -0.39 is 6.09 Å². The van der Waals surface area contributed by atoms with E-state index >= 15 is 0 Å². The lowest BCUT2D eigenvalue weighted by molar-refractivity contribution is 0.0939. The molecule has 0 saturated carbocycles. The van der Waals surface area contributed by atoms with E-state index in [0.717, 1.165) is 12.0 Å². The van der Waals surface area contributed by atoms with Crippen LogP contribution in [0.15, 0.2) is 36.5 Å². The van der Waals surface area contributed by atoms with Crippen molar-refractivity contribution < 1.29 is 24.2 Å². The number of nitrogens with one attached hydrogen (secondary N) is 1. The summed E-state index contributed by atoms with van der Waals surface area (Å²) in [5.41, 5.74) is 1.87. The van der Waals surface area contributed by atoms with E-state index in [1.807, 2.05) is 13.0 Å². The smallest absolute Gasteiger partial charge is 0.411 e. The molecule has 0 aliphatic carbocycles. The van der Waals surface area contributed by atoms with Crippen LogP contribution in [0.1, 0.15) is 29.4 Å². The van der Waals surface area contributed by atoms with Crippen molar-refractivity contribution in [3.8, 4) is 11.5 Å². The molecule has 28 heavy (non-hydrogen) atoms. The molecule has 148 valence electrons. The third-order valence-corrected chi connectivity index (χ3v) is 4.33. The highest BCUT2D eigenvalue weighted by Gasteiger charge is 2.24. The van der Waals surface area contributed by atoms with Gasteiger partial charge in [-0.3, -0.25) is 14.7 Å². The molecule has 8 nitrogen and oxygen atoms in total. The van der Waals surface area contributed by atoms with Crippen LogP contribution in [0.2, 0.25) is 0 Å². The molecule has 0 saturated heterocycles. The fraction of sp³-hybridized carbons (Fsp3) is 0.350. The normalized spacial score (nSPS) is 12.5. The summed E-state index contributed by atoms with van der Waals surface area (Å²) in [5.74, 6) is 0.802. The van der Waals surface area contributed by atoms with Crippen LogP contribution in [-0.2, 0) is 11.2 Å². The monoisotopic (exact) mass is 385 g/mol. The Morgan fingerprint density at radius 1 is 1.25 bits per heavy atom. The van der Waals surface area contributed by atoms with Crippen LogP contribution in [0.4, 0.5) is 10.5 Å². The lowest BCUT2D eigenvalue weighted by Gasteiger charge is -2.13. The summed E-state index contributed by atoms with van der Waals surface area (Å²) in [4.78, 5) is 28.8. The van der Waals surface area contributed by atoms with Gasteiger partial charge in [-0.25, -0.2) is 4.79 Å². The summed E-state index contributed by atoms with van der Waals surface area (Å²) in [6.45, 7) is 4.14. The van der Waals surface area contributed by atoms with Gasteiger partial charge in [0.25, 0.3) is 5.91 Å². The summed E-state index contributed by atoms with van der Waals surface area (Å²) < 4.78 is 11.1. The minimum atomic E-state index is -0.960. The molecule has 2 aromatic rings. The first kappa shape index (κ1) is 19.6. The van der Waals surface area contributed by atoms with Crippen LogP contribution in [0.25, 0.3) is 0 Å². The Labute approximate surface area is 163 Å². The maximum absolute atomic E-state index is 12.2. The number of amides is 2. The number of hydrogen-bond donors (Lipinski definition) is 2. The number of nitrogens with zero attached hydrogens (tertiary/aromatic N) is 2. The molecule has 2 heterocycles. The van der Waals surface area contributed by atoms with Gasteiger partial charge in [-0.15, -0.1) is 0 Å². The van der Waals surface area contributed by atoms with Gasteiger partial charge < -0.3 is 19.9 Å². The number of aromatic nitrogens is 1. The fourth-order valence-corrected chi connectivity index (χ4v) is 2.99. The summed E-state index contributed by atoms with van der Waals surface area (Å²) in [6, 6.07) is 8.52. The topological polar surface area (TPSA) is 101 Å². The van der Waals surface area contributed by atoms with Gasteiger partial charge in [0.15, 0.2) is 0 Å². The van der Waals surface area contributed by atoms with Crippen molar-refractivity contribution in [3.63, 3.8) is 0 Å². The molecule has 0 bridgehead atoms. The molecule has 1 aliphatic rings. The first-order valence-corrected chi connectivity index (χ1v) is 9.21. The zero-order valence-electron chi connectivity index (χ0n) is 15.7. The van der Waals surface area contributed by atoms with E-state index in [9.17, 15) is 14.7 Å². The number of rotatable bonds is 8. The Balaban J connectivity index is 1.62. The van der Waals surface area contributed by atoms with Crippen LogP contribution in [0, 0.1) is 0 Å². The second-order valence-electron chi connectivity index (χ2n) is 6.26. The molecule has 0 atom stereocenters. The summed E-state index contributed by atoms with van der Waals surface area (Å²) in [7, 11) is 0. The summed E-state index contributed by atoms with van der Waals surface area (Å²) in [5, 5.41) is 12.0. The Kier molecular flexibility index (Phi) is 6.44. The van der Waals surface area contributed by atoms with Gasteiger partial charge in [0.1, 0.15) is 17.2 Å². The van der Waals surface area contributed by atoms with Crippen molar-refractivity contribution in [1.82, 2.24) is 10.3 Å². The van der Waals surface area contributed by atoms with E-state index in [1.165, 1.54) is 11.1 Å². The van der Waals surface area contributed by atoms with E-state index in [0.29, 0.717) is 49.9 Å². The molecule has 2 amide bonds. The van der Waals surface area contributed by atoms with Crippen molar-refractivity contribution in [2.45, 2.75) is 19.8 Å². The number of anilines is 1. The molecule has 0 fully saturated rings. The van der Waals surface area contributed by atoms with Gasteiger partial charge in [0.2, 0.25) is 0 Å². The fourth-order valence-electron chi connectivity index (χ4n) is 2.99. The number of carboxylic acid groups (broad SMARTS) is 1. The maximum atomic E-state index is 12.2. The molecule has 8 heteroatoms. The zero-order valence-corrected chi connectivity index (χ0v) is 15.7. The maximum Gasteiger partial charge on any atom is 0.411 e. The quantitative estimate of drug-likeness (QED) is 0.677. The molecule has 1 aromatic heterocycles. The first-order valence-electron chi connectivity index (χ1n) is 9.21. The second-order valence-corrected chi connectivity index (χ2v) is 6.26. The highest BCUT2D eigenvalue weighted by Crippen LogP contribution is 2.33. The summed E-state index contributed by atoms with van der Waals surface area (Å²) in [6.07, 6.45) is 1.94. The predicted octanol–water partition coefficient (Wildman–Crippen LogP) is 3.07. The minimum absolute atomic E-state index is 0.270. The van der Waals surface area contributed by atoms with Crippen LogP contribution in [0.3, 0.4) is 0 Å². The van der Waals surface area contributed by atoms with Gasteiger partial charge in [-0.05, 0) is 49.6 Å². The lowest BCUT2D eigenvalue weighted by atomic mass is 10.1. The standard InChI is InChI=1S/C20H23N3O5/c1-2-27-11-3-8-22-19(24)17-13-16(6-9-21-17)28-15-4-5-18-14(12-15)7-10-23(18)20(25)26/h4-6,9,12-13H,2-3,7-8,10-11H2,1H3,(H,22,24)(H,25,26). The lowest BCUT2D eigenvalue weighted by Crippen LogP contribution is -2.26. The Bertz CT molecular complexity index is 855.